The van der Waals surface area contributed by atoms with Gasteiger partial charge in [0.25, 0.3) is 10.0 Å². The van der Waals surface area contributed by atoms with Gasteiger partial charge in [0.05, 0.1) is 18.6 Å². The van der Waals surface area contributed by atoms with Crippen molar-refractivity contribution in [2.24, 2.45) is 7.05 Å². The third kappa shape index (κ3) is 3.35. The average molecular weight is 367 g/mol. The summed E-state index contributed by atoms with van der Waals surface area (Å²) in [6.45, 7) is 0.0724. The Kier molecular flexibility index (Phi) is 4.44. The third-order valence-electron chi connectivity index (χ3n) is 3.41. The second-order valence-corrected chi connectivity index (χ2v) is 7.76. The minimum atomic E-state index is -3.68. The molecular formula is C15H15ClN4O3S. The summed E-state index contributed by atoms with van der Waals surface area (Å²) in [7, 11) is -0.501. The highest BCUT2D eigenvalue weighted by Crippen LogP contribution is 2.24. The van der Waals surface area contributed by atoms with Gasteiger partial charge < -0.3 is 9.09 Å². The van der Waals surface area contributed by atoms with Gasteiger partial charge in [0.2, 0.25) is 0 Å². The van der Waals surface area contributed by atoms with Crippen LogP contribution in [0.2, 0.25) is 5.02 Å². The van der Waals surface area contributed by atoms with Gasteiger partial charge in [-0.1, -0.05) is 28.9 Å². The number of hydrogen-bond donors (Lipinski definition) is 0. The van der Waals surface area contributed by atoms with Crippen LogP contribution in [0.3, 0.4) is 0 Å². The summed E-state index contributed by atoms with van der Waals surface area (Å²) in [6, 6.07) is 8.84. The average Bonchev–Trinajstić information content (AvgIpc) is 3.16. The fourth-order valence-corrected chi connectivity index (χ4v) is 3.45. The van der Waals surface area contributed by atoms with Crippen LogP contribution >= 0.6 is 11.6 Å². The van der Waals surface area contributed by atoms with E-state index in [-0.39, 0.29) is 11.6 Å². The van der Waals surface area contributed by atoms with E-state index in [1.165, 1.54) is 23.9 Å². The van der Waals surface area contributed by atoms with Crippen LogP contribution in [0.15, 0.2) is 52.4 Å². The molecule has 0 spiro atoms. The van der Waals surface area contributed by atoms with E-state index in [1.807, 2.05) is 6.07 Å². The maximum absolute atomic E-state index is 12.4. The van der Waals surface area contributed by atoms with Crippen molar-refractivity contribution in [3.63, 3.8) is 0 Å². The standard InChI is InChI=1S/C15H15ClN4O3S/c1-19-9-15(17-10-19)24(21,22)20(2)8-13-7-14(23-18-13)11-4-3-5-12(16)6-11/h3-7,9-10H,8H2,1-2H3. The van der Waals surface area contributed by atoms with Crippen LogP contribution in [-0.4, -0.2) is 34.5 Å². The second-order valence-electron chi connectivity index (χ2n) is 5.33. The van der Waals surface area contributed by atoms with Crippen molar-refractivity contribution in [2.75, 3.05) is 7.05 Å². The summed E-state index contributed by atoms with van der Waals surface area (Å²) in [5.74, 6) is 0.524. The van der Waals surface area contributed by atoms with Gasteiger partial charge in [-0.05, 0) is 12.1 Å². The van der Waals surface area contributed by atoms with Crippen LogP contribution in [0.1, 0.15) is 5.69 Å². The molecule has 0 saturated carbocycles. The number of rotatable bonds is 5. The Morgan fingerprint density at radius 3 is 2.79 bits per heavy atom. The lowest BCUT2D eigenvalue weighted by Gasteiger charge is -2.13. The molecule has 3 aromatic rings. The first-order valence-corrected chi connectivity index (χ1v) is 8.84. The molecule has 126 valence electrons. The first kappa shape index (κ1) is 16.7. The van der Waals surface area contributed by atoms with Crippen molar-refractivity contribution in [3.8, 4) is 11.3 Å². The van der Waals surface area contributed by atoms with Gasteiger partial charge >= 0.3 is 0 Å². The summed E-state index contributed by atoms with van der Waals surface area (Å²) in [4.78, 5) is 3.89. The van der Waals surface area contributed by atoms with Crippen LogP contribution in [0.5, 0.6) is 0 Å². The van der Waals surface area contributed by atoms with Gasteiger partial charge in [-0.25, -0.2) is 13.4 Å². The molecule has 0 unspecified atom stereocenters. The number of hydrogen-bond acceptors (Lipinski definition) is 5. The van der Waals surface area contributed by atoms with Gasteiger partial charge in [0.1, 0.15) is 0 Å². The molecule has 0 fully saturated rings. The van der Waals surface area contributed by atoms with E-state index in [1.54, 1.807) is 35.9 Å². The topological polar surface area (TPSA) is 81.2 Å². The monoisotopic (exact) mass is 366 g/mol. The molecule has 3 rings (SSSR count). The fourth-order valence-electron chi connectivity index (χ4n) is 2.16. The zero-order valence-electron chi connectivity index (χ0n) is 13.0. The predicted molar refractivity (Wildman–Crippen MR) is 88.8 cm³/mol. The molecule has 0 bridgehead atoms. The lowest BCUT2D eigenvalue weighted by Crippen LogP contribution is -2.26. The minimum absolute atomic E-state index is 0.00828. The van der Waals surface area contributed by atoms with E-state index in [0.29, 0.717) is 16.5 Å². The lowest BCUT2D eigenvalue weighted by atomic mass is 10.1. The van der Waals surface area contributed by atoms with Gasteiger partial charge in [0, 0.05) is 36.9 Å². The van der Waals surface area contributed by atoms with Crippen LogP contribution in [-0.2, 0) is 23.6 Å². The summed E-state index contributed by atoms with van der Waals surface area (Å²) in [5, 5.41) is 4.50. The molecule has 7 nitrogen and oxygen atoms in total. The van der Waals surface area contributed by atoms with Crippen molar-refractivity contribution in [1.82, 2.24) is 19.0 Å². The normalized spacial score (nSPS) is 12.0. The maximum Gasteiger partial charge on any atom is 0.262 e. The number of sulfonamides is 1. The minimum Gasteiger partial charge on any atom is -0.356 e. The van der Waals surface area contributed by atoms with Crippen LogP contribution in [0.25, 0.3) is 11.3 Å². The molecule has 0 aliphatic rings. The van der Waals surface area contributed by atoms with E-state index in [4.69, 9.17) is 16.1 Å². The number of nitrogens with zero attached hydrogens (tertiary/aromatic N) is 4. The van der Waals surface area contributed by atoms with Crippen molar-refractivity contribution in [2.45, 2.75) is 11.6 Å². The van der Waals surface area contributed by atoms with E-state index in [2.05, 4.69) is 10.1 Å². The Morgan fingerprint density at radius 1 is 1.33 bits per heavy atom. The Morgan fingerprint density at radius 2 is 2.12 bits per heavy atom. The van der Waals surface area contributed by atoms with Crippen LogP contribution in [0, 0.1) is 0 Å². The maximum atomic E-state index is 12.4. The summed E-state index contributed by atoms with van der Waals surface area (Å²) in [5.41, 5.74) is 1.27. The predicted octanol–water partition coefficient (Wildman–Crippen LogP) is 2.55. The molecule has 0 amide bonds. The molecular weight excluding hydrogens is 352 g/mol. The number of benzene rings is 1. The third-order valence-corrected chi connectivity index (χ3v) is 5.33. The molecule has 2 aromatic heterocycles. The Labute approximate surface area is 144 Å². The summed E-state index contributed by atoms with van der Waals surface area (Å²) >= 11 is 5.96. The van der Waals surface area contributed by atoms with Crippen LogP contribution in [0.4, 0.5) is 0 Å². The van der Waals surface area contributed by atoms with E-state index in [0.717, 1.165) is 5.56 Å². The van der Waals surface area contributed by atoms with E-state index < -0.39 is 10.0 Å². The van der Waals surface area contributed by atoms with E-state index >= 15 is 0 Å². The zero-order chi connectivity index (χ0) is 17.3. The van der Waals surface area contributed by atoms with Gasteiger partial charge in [0.15, 0.2) is 10.8 Å². The fraction of sp³-hybridized carbons (Fsp3) is 0.200. The van der Waals surface area contributed by atoms with Crippen molar-refractivity contribution >= 4 is 21.6 Å². The van der Waals surface area contributed by atoms with E-state index in [9.17, 15) is 8.42 Å². The van der Waals surface area contributed by atoms with Gasteiger partial charge in [-0.3, -0.25) is 0 Å². The molecule has 0 N–H and O–H groups in total. The number of imidazole rings is 1. The molecule has 0 atom stereocenters. The van der Waals surface area contributed by atoms with Gasteiger partial charge in [-0.2, -0.15) is 4.31 Å². The smallest absolute Gasteiger partial charge is 0.262 e. The Bertz CT molecular complexity index is 965. The summed E-state index contributed by atoms with van der Waals surface area (Å²) in [6.07, 6.45) is 2.89. The first-order valence-electron chi connectivity index (χ1n) is 7.02. The number of aromatic nitrogens is 3. The number of aryl methyl sites for hydroxylation is 1. The second kappa shape index (κ2) is 6.39. The SMILES string of the molecule is CN(Cc1cc(-c2cccc(Cl)c2)on1)S(=O)(=O)c1cn(C)cn1. The van der Waals surface area contributed by atoms with Crippen molar-refractivity contribution in [3.05, 3.63) is 53.6 Å². The van der Waals surface area contributed by atoms with Crippen molar-refractivity contribution < 1.29 is 12.9 Å². The zero-order valence-corrected chi connectivity index (χ0v) is 14.6. The largest absolute Gasteiger partial charge is 0.356 e. The molecule has 0 aliphatic carbocycles. The number of halogens is 1. The van der Waals surface area contributed by atoms with Gasteiger partial charge in [-0.15, -0.1) is 0 Å². The first-order chi connectivity index (χ1) is 11.4. The highest BCUT2D eigenvalue weighted by Gasteiger charge is 2.24. The molecule has 9 heteroatoms. The molecule has 0 radical (unpaired) electrons. The molecule has 0 aliphatic heterocycles. The van der Waals surface area contributed by atoms with Crippen LogP contribution < -0.4 is 0 Å². The molecule has 2 heterocycles. The molecule has 24 heavy (non-hydrogen) atoms. The quantitative estimate of drug-likeness (QED) is 0.693. The summed E-state index contributed by atoms with van der Waals surface area (Å²) < 4.78 is 32.9. The highest BCUT2D eigenvalue weighted by molar-refractivity contribution is 7.89. The van der Waals surface area contributed by atoms with Crippen molar-refractivity contribution in [1.29, 1.82) is 0 Å². The highest BCUT2D eigenvalue weighted by atomic mass is 35.5. The molecule has 0 saturated heterocycles. The lowest BCUT2D eigenvalue weighted by molar-refractivity contribution is 0.402. The molecule has 1 aromatic carbocycles. The Balaban J connectivity index is 1.79. The Hall–Kier alpha value is -2.16.